The van der Waals surface area contributed by atoms with Crippen LogP contribution in [0.1, 0.15) is 29.5 Å². The second-order valence-corrected chi connectivity index (χ2v) is 8.18. The second kappa shape index (κ2) is 4.77. The number of rotatable bonds is 0. The summed E-state index contributed by atoms with van der Waals surface area (Å²) in [6.45, 7) is 1.22. The molecule has 2 unspecified atom stereocenters. The molecule has 2 heterocycles. The molecular formula is C18H19ClNS+. The van der Waals surface area contributed by atoms with Crippen molar-refractivity contribution in [3.05, 3.63) is 58.6 Å². The summed E-state index contributed by atoms with van der Waals surface area (Å²) in [4.78, 5) is 2.78. The van der Waals surface area contributed by atoms with E-state index >= 15 is 0 Å². The van der Waals surface area contributed by atoms with Gasteiger partial charge < -0.3 is 4.48 Å². The Morgan fingerprint density at radius 3 is 2.67 bits per heavy atom. The molecule has 0 saturated carbocycles. The minimum absolute atomic E-state index is 0.509. The van der Waals surface area contributed by atoms with Crippen LogP contribution in [0.25, 0.3) is 0 Å². The maximum Gasteiger partial charge on any atom is 0.123 e. The third-order valence-electron chi connectivity index (χ3n) is 4.98. The van der Waals surface area contributed by atoms with Crippen molar-refractivity contribution < 1.29 is 4.48 Å². The fourth-order valence-corrected chi connectivity index (χ4v) is 5.35. The standard InChI is InChI=1S/C18H19ClNS/c1-20(2)10-9-14-13-5-3-4-6-16(13)21-17-8-7-12(19)11-15(17)18(14)20/h3-8,11,14,18H,9-10H2,1-2H3/q+1. The molecule has 0 aromatic heterocycles. The van der Waals surface area contributed by atoms with Gasteiger partial charge in [0.2, 0.25) is 0 Å². The van der Waals surface area contributed by atoms with Gasteiger partial charge in [0.25, 0.3) is 0 Å². The minimum atomic E-state index is 0.509. The molecule has 2 aliphatic heterocycles. The number of likely N-dealkylation sites (N-methyl/N-ethyl adjacent to an activating group) is 1. The van der Waals surface area contributed by atoms with Crippen LogP contribution in [0.3, 0.4) is 0 Å². The molecule has 108 valence electrons. The highest BCUT2D eigenvalue weighted by Gasteiger charge is 2.47. The zero-order valence-electron chi connectivity index (χ0n) is 12.3. The molecule has 0 bridgehead atoms. The van der Waals surface area contributed by atoms with Crippen LogP contribution < -0.4 is 0 Å². The monoisotopic (exact) mass is 316 g/mol. The van der Waals surface area contributed by atoms with Gasteiger partial charge in [0.15, 0.2) is 0 Å². The summed E-state index contributed by atoms with van der Waals surface area (Å²) < 4.78 is 1.05. The molecule has 4 rings (SSSR count). The van der Waals surface area contributed by atoms with Gasteiger partial charge in [-0.25, -0.2) is 0 Å². The fourth-order valence-electron chi connectivity index (χ4n) is 4.02. The lowest BCUT2D eigenvalue weighted by Gasteiger charge is -2.34. The van der Waals surface area contributed by atoms with Gasteiger partial charge >= 0.3 is 0 Å². The Kier molecular flexibility index (Phi) is 3.11. The van der Waals surface area contributed by atoms with Gasteiger partial charge in [-0.3, -0.25) is 0 Å². The average molecular weight is 317 g/mol. The van der Waals surface area contributed by atoms with E-state index in [1.165, 1.54) is 33.9 Å². The number of likely N-dealkylation sites (tertiary alicyclic amines) is 1. The number of halogens is 1. The van der Waals surface area contributed by atoms with Crippen LogP contribution in [0.2, 0.25) is 5.02 Å². The van der Waals surface area contributed by atoms with Crippen LogP contribution in [0.5, 0.6) is 0 Å². The molecule has 2 aromatic carbocycles. The van der Waals surface area contributed by atoms with Gasteiger partial charge in [0.1, 0.15) is 6.04 Å². The third kappa shape index (κ3) is 2.12. The number of benzene rings is 2. The molecule has 0 radical (unpaired) electrons. The smallest absolute Gasteiger partial charge is 0.123 e. The van der Waals surface area contributed by atoms with Crippen molar-refractivity contribution in [3.63, 3.8) is 0 Å². The van der Waals surface area contributed by atoms with Gasteiger partial charge in [-0.2, -0.15) is 0 Å². The van der Waals surface area contributed by atoms with E-state index < -0.39 is 0 Å². The number of hydrogen-bond donors (Lipinski definition) is 0. The number of hydrogen-bond acceptors (Lipinski definition) is 1. The molecule has 2 aromatic rings. The molecule has 0 aliphatic carbocycles. The van der Waals surface area contributed by atoms with Crippen molar-refractivity contribution in [2.75, 3.05) is 20.6 Å². The minimum Gasteiger partial charge on any atom is -0.322 e. The quantitative estimate of drug-likeness (QED) is 0.609. The highest BCUT2D eigenvalue weighted by molar-refractivity contribution is 7.99. The summed E-state index contributed by atoms with van der Waals surface area (Å²) in [6.07, 6.45) is 1.25. The zero-order valence-corrected chi connectivity index (χ0v) is 13.9. The second-order valence-electron chi connectivity index (χ2n) is 6.66. The SMILES string of the molecule is C[N+]1(C)CCC2c3ccccc3Sc3ccc(Cl)cc3C21. The molecule has 1 fully saturated rings. The normalized spacial score (nSPS) is 25.7. The Morgan fingerprint density at radius 2 is 1.81 bits per heavy atom. The molecule has 2 atom stereocenters. The lowest BCUT2D eigenvalue weighted by Crippen LogP contribution is -2.39. The highest BCUT2D eigenvalue weighted by atomic mass is 35.5. The lowest BCUT2D eigenvalue weighted by atomic mass is 9.87. The summed E-state index contributed by atoms with van der Waals surface area (Å²) in [5, 5.41) is 0.853. The van der Waals surface area contributed by atoms with Crippen molar-refractivity contribution in [1.29, 1.82) is 0 Å². The third-order valence-corrected chi connectivity index (χ3v) is 6.40. The van der Waals surface area contributed by atoms with Crippen LogP contribution >= 0.6 is 23.4 Å². The lowest BCUT2D eigenvalue weighted by molar-refractivity contribution is -0.909. The topological polar surface area (TPSA) is 0 Å². The van der Waals surface area contributed by atoms with E-state index in [1.807, 2.05) is 17.8 Å². The van der Waals surface area contributed by atoms with Crippen LogP contribution in [0.15, 0.2) is 52.3 Å². The first-order valence-corrected chi connectivity index (χ1v) is 8.64. The first-order chi connectivity index (χ1) is 10.1. The maximum absolute atomic E-state index is 6.31. The number of fused-ring (bicyclic) bond motifs is 5. The Morgan fingerprint density at radius 1 is 1.05 bits per heavy atom. The maximum atomic E-state index is 6.31. The average Bonchev–Trinajstić information content (AvgIpc) is 2.69. The van der Waals surface area contributed by atoms with Gasteiger partial charge in [-0.15, -0.1) is 0 Å². The van der Waals surface area contributed by atoms with Crippen molar-refractivity contribution >= 4 is 23.4 Å². The predicted octanol–water partition coefficient (Wildman–Crippen LogP) is 5.11. The summed E-state index contributed by atoms with van der Waals surface area (Å²) in [6, 6.07) is 15.8. The largest absolute Gasteiger partial charge is 0.322 e. The zero-order chi connectivity index (χ0) is 14.6. The van der Waals surface area contributed by atoms with Crippen molar-refractivity contribution in [2.24, 2.45) is 0 Å². The van der Waals surface area contributed by atoms with Crippen LogP contribution in [-0.2, 0) is 0 Å². The van der Waals surface area contributed by atoms with Crippen LogP contribution in [0, 0.1) is 0 Å². The molecule has 1 nitrogen and oxygen atoms in total. The molecule has 3 heteroatoms. The molecular weight excluding hydrogens is 298 g/mol. The van der Waals surface area contributed by atoms with E-state index in [0.29, 0.717) is 12.0 Å². The van der Waals surface area contributed by atoms with E-state index in [9.17, 15) is 0 Å². The summed E-state index contributed by atoms with van der Waals surface area (Å²) in [7, 11) is 4.71. The summed E-state index contributed by atoms with van der Waals surface area (Å²) in [5.74, 6) is 0.600. The molecule has 0 spiro atoms. The molecule has 21 heavy (non-hydrogen) atoms. The first kappa shape index (κ1) is 13.7. The Balaban J connectivity index is 1.98. The van der Waals surface area contributed by atoms with Crippen molar-refractivity contribution in [1.82, 2.24) is 0 Å². The Hall–Kier alpha value is -0.960. The van der Waals surface area contributed by atoms with E-state index in [4.69, 9.17) is 11.6 Å². The van der Waals surface area contributed by atoms with Gasteiger partial charge in [-0.1, -0.05) is 41.6 Å². The Labute approximate surface area is 135 Å². The molecule has 1 saturated heterocycles. The molecule has 0 N–H and O–H groups in total. The number of nitrogens with zero attached hydrogens (tertiary/aromatic N) is 1. The van der Waals surface area contributed by atoms with Crippen LogP contribution in [0.4, 0.5) is 0 Å². The van der Waals surface area contributed by atoms with E-state index in [0.717, 1.165) is 9.51 Å². The predicted molar refractivity (Wildman–Crippen MR) is 89.1 cm³/mol. The highest BCUT2D eigenvalue weighted by Crippen LogP contribution is 2.54. The molecule has 0 amide bonds. The van der Waals surface area contributed by atoms with Crippen molar-refractivity contribution in [3.8, 4) is 0 Å². The fraction of sp³-hybridized carbons (Fsp3) is 0.333. The van der Waals surface area contributed by atoms with E-state index in [-0.39, 0.29) is 0 Å². The van der Waals surface area contributed by atoms with E-state index in [1.54, 1.807) is 0 Å². The van der Waals surface area contributed by atoms with E-state index in [2.05, 4.69) is 50.5 Å². The first-order valence-electron chi connectivity index (χ1n) is 7.45. The molecule has 2 aliphatic rings. The number of quaternary nitrogens is 1. The van der Waals surface area contributed by atoms with Gasteiger partial charge in [0, 0.05) is 32.7 Å². The van der Waals surface area contributed by atoms with Gasteiger partial charge in [0.05, 0.1) is 20.6 Å². The van der Waals surface area contributed by atoms with Crippen molar-refractivity contribution in [2.45, 2.75) is 28.2 Å². The van der Waals surface area contributed by atoms with Gasteiger partial charge in [-0.05, 0) is 29.8 Å². The Bertz CT molecular complexity index is 710. The summed E-state index contributed by atoms with van der Waals surface area (Å²) in [5.41, 5.74) is 2.94. The van der Waals surface area contributed by atoms with Crippen LogP contribution in [-0.4, -0.2) is 25.1 Å². The summed E-state index contributed by atoms with van der Waals surface area (Å²) >= 11 is 8.21.